The Morgan fingerprint density at radius 1 is 1.38 bits per heavy atom. The average Bonchev–Trinajstić information content (AvgIpc) is 3.27. The molecule has 1 aromatic heterocycles. The van der Waals surface area contributed by atoms with E-state index in [1.165, 1.54) is 11.3 Å². The Balaban J connectivity index is 1.50. The molecule has 1 saturated carbocycles. The first kappa shape index (κ1) is 14.5. The third-order valence-electron chi connectivity index (χ3n) is 4.00. The van der Waals surface area contributed by atoms with E-state index in [1.54, 1.807) is 0 Å². The molecule has 0 spiro atoms. The summed E-state index contributed by atoms with van der Waals surface area (Å²) in [6.45, 7) is 3.46. The normalized spacial score (nSPS) is 22.1. The first-order valence-electron chi connectivity index (χ1n) is 7.50. The molecule has 1 aromatic rings. The van der Waals surface area contributed by atoms with Gasteiger partial charge in [0.05, 0.1) is 5.92 Å². The van der Waals surface area contributed by atoms with Crippen LogP contribution < -0.4 is 0 Å². The molecule has 2 fully saturated rings. The molecule has 21 heavy (non-hydrogen) atoms. The zero-order valence-corrected chi connectivity index (χ0v) is 13.0. The second-order valence-corrected chi connectivity index (χ2v) is 6.83. The highest BCUT2D eigenvalue weighted by atomic mass is 32.1. The SMILES string of the molecule is Cc1csc(COC(=O)C2CCCN(C(=O)C3CC3)C2)n1. The summed E-state index contributed by atoms with van der Waals surface area (Å²) >= 11 is 1.50. The van der Waals surface area contributed by atoms with E-state index in [2.05, 4.69) is 4.98 Å². The van der Waals surface area contributed by atoms with Gasteiger partial charge in [-0.1, -0.05) is 0 Å². The Bertz CT molecular complexity index is 539. The molecule has 1 aliphatic carbocycles. The molecular formula is C15H20N2O3S. The maximum absolute atomic E-state index is 12.1. The molecule has 1 unspecified atom stereocenters. The molecule has 2 heterocycles. The number of esters is 1. The zero-order chi connectivity index (χ0) is 14.8. The molecule has 114 valence electrons. The lowest BCUT2D eigenvalue weighted by Crippen LogP contribution is -2.43. The molecule has 1 atom stereocenters. The first-order chi connectivity index (χ1) is 10.1. The van der Waals surface area contributed by atoms with Crippen LogP contribution in [0.2, 0.25) is 0 Å². The number of piperidine rings is 1. The van der Waals surface area contributed by atoms with Gasteiger partial charge in [-0.2, -0.15) is 0 Å². The molecule has 0 aromatic carbocycles. The van der Waals surface area contributed by atoms with Crippen molar-refractivity contribution in [2.24, 2.45) is 11.8 Å². The number of ether oxygens (including phenoxy) is 1. The summed E-state index contributed by atoms with van der Waals surface area (Å²) in [5, 5.41) is 2.77. The van der Waals surface area contributed by atoms with E-state index in [0.717, 1.165) is 42.9 Å². The van der Waals surface area contributed by atoms with E-state index >= 15 is 0 Å². The van der Waals surface area contributed by atoms with Crippen LogP contribution in [0.15, 0.2) is 5.38 Å². The molecule has 1 saturated heterocycles. The van der Waals surface area contributed by atoms with Crippen molar-refractivity contribution in [3.8, 4) is 0 Å². The van der Waals surface area contributed by atoms with E-state index in [4.69, 9.17) is 4.74 Å². The van der Waals surface area contributed by atoms with Crippen molar-refractivity contribution in [2.75, 3.05) is 13.1 Å². The maximum Gasteiger partial charge on any atom is 0.311 e. The molecular weight excluding hydrogens is 288 g/mol. The summed E-state index contributed by atoms with van der Waals surface area (Å²) in [6.07, 6.45) is 3.71. The van der Waals surface area contributed by atoms with E-state index in [1.807, 2.05) is 17.2 Å². The summed E-state index contributed by atoms with van der Waals surface area (Å²) in [4.78, 5) is 30.4. The van der Waals surface area contributed by atoms with Crippen molar-refractivity contribution in [3.63, 3.8) is 0 Å². The third kappa shape index (κ3) is 3.61. The fraction of sp³-hybridized carbons (Fsp3) is 0.667. The predicted molar refractivity (Wildman–Crippen MR) is 78.7 cm³/mol. The molecule has 2 aliphatic rings. The minimum atomic E-state index is -0.198. The smallest absolute Gasteiger partial charge is 0.311 e. The van der Waals surface area contributed by atoms with Gasteiger partial charge in [-0.3, -0.25) is 9.59 Å². The zero-order valence-electron chi connectivity index (χ0n) is 12.2. The van der Waals surface area contributed by atoms with Gasteiger partial charge in [0.1, 0.15) is 11.6 Å². The molecule has 0 radical (unpaired) electrons. The number of thiazole rings is 1. The number of carbonyl (C=O) groups excluding carboxylic acids is 2. The van der Waals surface area contributed by atoms with Crippen LogP contribution in [0.1, 0.15) is 36.4 Å². The van der Waals surface area contributed by atoms with E-state index in [0.29, 0.717) is 6.54 Å². The summed E-state index contributed by atoms with van der Waals surface area (Å²) in [6, 6.07) is 0. The van der Waals surface area contributed by atoms with Crippen molar-refractivity contribution >= 4 is 23.2 Å². The highest BCUT2D eigenvalue weighted by Gasteiger charge is 2.37. The number of hydrogen-bond donors (Lipinski definition) is 0. The van der Waals surface area contributed by atoms with E-state index in [-0.39, 0.29) is 30.3 Å². The molecule has 3 rings (SSSR count). The van der Waals surface area contributed by atoms with Crippen molar-refractivity contribution in [3.05, 3.63) is 16.1 Å². The van der Waals surface area contributed by atoms with Crippen molar-refractivity contribution in [1.82, 2.24) is 9.88 Å². The maximum atomic E-state index is 12.1. The summed E-state index contributed by atoms with van der Waals surface area (Å²) < 4.78 is 5.36. The minimum Gasteiger partial charge on any atom is -0.458 e. The lowest BCUT2D eigenvalue weighted by Gasteiger charge is -2.31. The second kappa shape index (κ2) is 6.13. The monoisotopic (exact) mass is 308 g/mol. The van der Waals surface area contributed by atoms with Gasteiger partial charge in [-0.25, -0.2) is 4.98 Å². The molecule has 1 amide bonds. The van der Waals surface area contributed by atoms with Gasteiger partial charge in [-0.05, 0) is 32.6 Å². The van der Waals surface area contributed by atoms with Gasteiger partial charge in [0, 0.05) is 30.1 Å². The van der Waals surface area contributed by atoms with Crippen LogP contribution in [0, 0.1) is 18.8 Å². The Hall–Kier alpha value is -1.43. The Kier molecular flexibility index (Phi) is 4.24. The summed E-state index contributed by atoms with van der Waals surface area (Å²) in [5.41, 5.74) is 0.949. The van der Waals surface area contributed by atoms with Gasteiger partial charge in [0.2, 0.25) is 5.91 Å². The predicted octanol–water partition coefficient (Wildman–Crippen LogP) is 2.14. The molecule has 6 heteroatoms. The van der Waals surface area contributed by atoms with Crippen LogP contribution in [0.25, 0.3) is 0 Å². The number of nitrogens with zero attached hydrogens (tertiary/aromatic N) is 2. The highest BCUT2D eigenvalue weighted by Crippen LogP contribution is 2.32. The van der Waals surface area contributed by atoms with Gasteiger partial charge >= 0.3 is 5.97 Å². The van der Waals surface area contributed by atoms with Gasteiger partial charge in [-0.15, -0.1) is 11.3 Å². The number of amides is 1. The molecule has 0 N–H and O–H groups in total. The molecule has 5 nitrogen and oxygen atoms in total. The Labute approximate surface area is 128 Å². The van der Waals surface area contributed by atoms with Crippen molar-refractivity contribution in [2.45, 2.75) is 39.2 Å². The molecule has 1 aliphatic heterocycles. The largest absolute Gasteiger partial charge is 0.458 e. The second-order valence-electron chi connectivity index (χ2n) is 5.89. The Morgan fingerprint density at radius 2 is 2.19 bits per heavy atom. The first-order valence-corrected chi connectivity index (χ1v) is 8.38. The van der Waals surface area contributed by atoms with Crippen LogP contribution in [0.4, 0.5) is 0 Å². The minimum absolute atomic E-state index is 0.178. The van der Waals surface area contributed by atoms with E-state index in [9.17, 15) is 9.59 Å². The number of carbonyl (C=O) groups is 2. The highest BCUT2D eigenvalue weighted by molar-refractivity contribution is 7.09. The topological polar surface area (TPSA) is 59.5 Å². The number of likely N-dealkylation sites (tertiary alicyclic amines) is 1. The van der Waals surface area contributed by atoms with Gasteiger partial charge in [0.25, 0.3) is 0 Å². The van der Waals surface area contributed by atoms with Crippen LogP contribution in [0.3, 0.4) is 0 Å². The number of hydrogen-bond acceptors (Lipinski definition) is 5. The van der Waals surface area contributed by atoms with Crippen molar-refractivity contribution < 1.29 is 14.3 Å². The van der Waals surface area contributed by atoms with Crippen LogP contribution in [0.5, 0.6) is 0 Å². The van der Waals surface area contributed by atoms with Crippen LogP contribution in [-0.4, -0.2) is 34.8 Å². The van der Waals surface area contributed by atoms with E-state index < -0.39 is 0 Å². The van der Waals surface area contributed by atoms with Crippen molar-refractivity contribution in [1.29, 1.82) is 0 Å². The molecule has 0 bridgehead atoms. The van der Waals surface area contributed by atoms with Crippen LogP contribution in [-0.2, 0) is 20.9 Å². The number of rotatable bonds is 4. The van der Waals surface area contributed by atoms with Crippen LogP contribution >= 0.6 is 11.3 Å². The fourth-order valence-corrected chi connectivity index (χ4v) is 3.36. The quantitative estimate of drug-likeness (QED) is 0.800. The fourth-order valence-electron chi connectivity index (χ4n) is 2.68. The number of aromatic nitrogens is 1. The summed E-state index contributed by atoms with van der Waals surface area (Å²) in [5.74, 6) is 0.0692. The van der Waals surface area contributed by atoms with Gasteiger partial charge < -0.3 is 9.64 Å². The van der Waals surface area contributed by atoms with Gasteiger partial charge in [0.15, 0.2) is 0 Å². The standard InChI is InChI=1S/C15H20N2O3S/c1-10-9-21-13(16-10)8-20-15(19)12-3-2-6-17(7-12)14(18)11-4-5-11/h9,11-12H,2-8H2,1H3. The lowest BCUT2D eigenvalue weighted by molar-refractivity contribution is -0.153. The lowest BCUT2D eigenvalue weighted by atomic mass is 9.98. The Morgan fingerprint density at radius 3 is 2.86 bits per heavy atom. The third-order valence-corrected chi connectivity index (χ3v) is 4.94. The average molecular weight is 308 g/mol. The number of aryl methyl sites for hydroxylation is 1. The summed E-state index contributed by atoms with van der Waals surface area (Å²) in [7, 11) is 0.